The first-order valence-corrected chi connectivity index (χ1v) is 27.5. The molecule has 2 aliphatic rings. The molecule has 0 spiro atoms. The third-order valence-corrected chi connectivity index (χ3v) is 14.1. The van der Waals surface area contributed by atoms with Gasteiger partial charge in [-0.3, -0.25) is 48.7 Å². The van der Waals surface area contributed by atoms with Crippen LogP contribution in [0, 0.1) is 17.8 Å². The van der Waals surface area contributed by atoms with Crippen molar-refractivity contribution in [2.24, 2.45) is 17.8 Å². The molecular formula is C56H90N6O17. The number of carboxylic acid groups (broad SMARTS) is 1. The number of methoxy groups -OCH3 is 2. The third-order valence-electron chi connectivity index (χ3n) is 14.1. The molecule has 79 heavy (non-hydrogen) atoms. The summed E-state index contributed by atoms with van der Waals surface area (Å²) in [6.07, 6.45) is 2.97. The lowest BCUT2D eigenvalue weighted by molar-refractivity contribution is -0.146. The Kier molecular flexibility index (Phi) is 31.2. The van der Waals surface area contributed by atoms with Crippen LogP contribution in [-0.2, 0) is 82.7 Å². The van der Waals surface area contributed by atoms with Gasteiger partial charge in [0.2, 0.25) is 23.6 Å². The van der Waals surface area contributed by atoms with Gasteiger partial charge in [-0.15, -0.1) is 0 Å². The number of carbonyl (C=O) groups is 8. The summed E-state index contributed by atoms with van der Waals surface area (Å²) < 4.78 is 44.9. The number of nitrogens with one attached hydrogen (secondary N) is 3. The zero-order valence-corrected chi connectivity index (χ0v) is 48.2. The second kappa shape index (κ2) is 36.2. The number of imide groups is 2. The molecule has 0 bridgehead atoms. The lowest BCUT2D eigenvalue weighted by Gasteiger charge is -2.43. The number of likely N-dealkylation sites (tertiary alicyclic amines) is 1. The number of amides is 7. The van der Waals surface area contributed by atoms with Crippen molar-refractivity contribution in [2.45, 2.75) is 129 Å². The summed E-state index contributed by atoms with van der Waals surface area (Å²) in [4.78, 5) is 109. The van der Waals surface area contributed by atoms with Gasteiger partial charge in [-0.1, -0.05) is 71.4 Å². The number of carboxylic acids is 1. The van der Waals surface area contributed by atoms with E-state index >= 15 is 0 Å². The Labute approximate surface area is 466 Å². The topological polar surface area (TPSA) is 276 Å². The normalized spacial score (nSPS) is 17.4. The Hall–Kier alpha value is -5.24. The fourth-order valence-electron chi connectivity index (χ4n) is 9.67. The highest BCUT2D eigenvalue weighted by atomic mass is 16.6. The zero-order valence-electron chi connectivity index (χ0n) is 48.2. The van der Waals surface area contributed by atoms with E-state index in [1.165, 1.54) is 40.2 Å². The number of aliphatic carboxylic acids is 1. The van der Waals surface area contributed by atoms with Crippen LogP contribution < -0.4 is 16.0 Å². The zero-order chi connectivity index (χ0) is 58.5. The maximum absolute atomic E-state index is 14.4. The number of likely N-dealkylation sites (N-methyl/N-ethyl adjacent to an activating group) is 1. The first kappa shape index (κ1) is 68.0. The number of hydrogen-bond acceptors (Lipinski definition) is 17. The summed E-state index contributed by atoms with van der Waals surface area (Å²) in [5, 5.41) is 17.9. The minimum atomic E-state index is -1.46. The van der Waals surface area contributed by atoms with Gasteiger partial charge < -0.3 is 58.5 Å². The summed E-state index contributed by atoms with van der Waals surface area (Å²) in [7, 11) is 4.78. The minimum absolute atomic E-state index is 0.0397. The van der Waals surface area contributed by atoms with Crippen LogP contribution in [0.4, 0.5) is 0 Å². The molecule has 0 saturated carbocycles. The first-order valence-electron chi connectivity index (χ1n) is 27.5. The molecule has 4 N–H and O–H groups in total. The molecule has 23 heteroatoms. The maximum atomic E-state index is 14.4. The smallest absolute Gasteiger partial charge is 0.326 e. The van der Waals surface area contributed by atoms with Crippen molar-refractivity contribution in [3.05, 3.63) is 48.0 Å². The highest BCUT2D eigenvalue weighted by Crippen LogP contribution is 2.30. The van der Waals surface area contributed by atoms with E-state index in [0.29, 0.717) is 78.7 Å². The molecule has 1 fully saturated rings. The predicted molar refractivity (Wildman–Crippen MR) is 290 cm³/mol. The third kappa shape index (κ3) is 23.0. The van der Waals surface area contributed by atoms with E-state index in [2.05, 4.69) is 16.0 Å². The van der Waals surface area contributed by atoms with Gasteiger partial charge in [-0.05, 0) is 51.1 Å². The highest BCUT2D eigenvalue weighted by molar-refractivity contribution is 6.12. The van der Waals surface area contributed by atoms with Crippen molar-refractivity contribution in [1.29, 1.82) is 0 Å². The Morgan fingerprint density at radius 2 is 1.29 bits per heavy atom. The molecular weight excluding hydrogens is 1030 g/mol. The SMILES string of the molecule is CC[C@H](C)[C@@H]([C@@H](CC(=O)N1CCC[C@H]1[C@H](OC)[C@@H](C)C(=O)N[C@@H](Cc1ccccc1)C(=O)O)OC)N(C)[C@H](C(=O)NC(=O)C(C)(C)NC(=O)CCOCCOCCOCCOCCOCCOCCN1C(=O)C=CC1=O)C(C)C. The molecule has 7 amide bonds. The van der Waals surface area contributed by atoms with Crippen molar-refractivity contribution < 1.29 is 81.4 Å². The van der Waals surface area contributed by atoms with Crippen LogP contribution in [0.5, 0.6) is 0 Å². The van der Waals surface area contributed by atoms with E-state index in [0.717, 1.165) is 10.5 Å². The lowest BCUT2D eigenvalue weighted by Crippen LogP contribution is -2.62. The molecule has 8 atom stereocenters. The summed E-state index contributed by atoms with van der Waals surface area (Å²) in [5.41, 5.74) is -0.704. The quantitative estimate of drug-likeness (QED) is 0.0540. The van der Waals surface area contributed by atoms with E-state index in [4.69, 9.17) is 37.9 Å². The fourth-order valence-corrected chi connectivity index (χ4v) is 9.67. The molecule has 23 nitrogen and oxygen atoms in total. The molecule has 0 aliphatic carbocycles. The first-order chi connectivity index (χ1) is 37.7. The lowest BCUT2D eigenvalue weighted by atomic mass is 9.87. The number of carbonyl (C=O) groups excluding carboxylic acids is 7. The van der Waals surface area contributed by atoms with Crippen LogP contribution >= 0.6 is 0 Å². The number of nitrogens with zero attached hydrogens (tertiary/aromatic N) is 3. The van der Waals surface area contributed by atoms with Crippen LogP contribution in [0.3, 0.4) is 0 Å². The Balaban J connectivity index is 1.40. The molecule has 0 aromatic heterocycles. The average molecular weight is 1120 g/mol. The summed E-state index contributed by atoms with van der Waals surface area (Å²) in [6.45, 7) is 16.7. The summed E-state index contributed by atoms with van der Waals surface area (Å²) in [6, 6.07) is 6.08. The van der Waals surface area contributed by atoms with Crippen molar-refractivity contribution in [3.8, 4) is 0 Å². The van der Waals surface area contributed by atoms with Gasteiger partial charge in [0.1, 0.15) is 11.6 Å². The Bertz CT molecular complexity index is 2080. The van der Waals surface area contributed by atoms with Crippen LogP contribution in [0.25, 0.3) is 0 Å². The Morgan fingerprint density at radius 3 is 1.78 bits per heavy atom. The van der Waals surface area contributed by atoms with Crippen molar-refractivity contribution >= 4 is 47.3 Å². The van der Waals surface area contributed by atoms with Crippen molar-refractivity contribution in [2.75, 3.05) is 114 Å². The molecule has 1 saturated heterocycles. The molecule has 2 heterocycles. The van der Waals surface area contributed by atoms with Gasteiger partial charge in [0.25, 0.3) is 17.7 Å². The van der Waals surface area contributed by atoms with Crippen LogP contribution in [0.15, 0.2) is 42.5 Å². The van der Waals surface area contributed by atoms with Crippen LogP contribution in [0.2, 0.25) is 0 Å². The molecule has 0 unspecified atom stereocenters. The highest BCUT2D eigenvalue weighted by Gasteiger charge is 2.44. The van der Waals surface area contributed by atoms with Crippen molar-refractivity contribution in [3.63, 3.8) is 0 Å². The second-order valence-corrected chi connectivity index (χ2v) is 20.7. The molecule has 1 aromatic carbocycles. The number of benzene rings is 1. The maximum Gasteiger partial charge on any atom is 0.326 e. The molecule has 1 aromatic rings. The fraction of sp³-hybridized carbons (Fsp3) is 0.714. The molecule has 3 rings (SSSR count). The van der Waals surface area contributed by atoms with E-state index in [1.54, 1.807) is 43.1 Å². The van der Waals surface area contributed by atoms with E-state index in [-0.39, 0.29) is 81.8 Å². The average Bonchev–Trinajstić information content (AvgIpc) is 4.05. The Morgan fingerprint density at radius 1 is 0.759 bits per heavy atom. The van der Waals surface area contributed by atoms with Crippen LogP contribution in [-0.4, -0.2) is 223 Å². The van der Waals surface area contributed by atoms with Gasteiger partial charge in [0.15, 0.2) is 0 Å². The number of rotatable bonds is 41. The second-order valence-electron chi connectivity index (χ2n) is 20.7. The number of ether oxygens (including phenoxy) is 8. The van der Waals surface area contributed by atoms with Crippen molar-refractivity contribution in [1.82, 2.24) is 30.7 Å². The van der Waals surface area contributed by atoms with E-state index < -0.39 is 77.4 Å². The molecule has 0 radical (unpaired) electrons. The predicted octanol–water partition coefficient (Wildman–Crippen LogP) is 2.17. The molecule has 2 aliphatic heterocycles. The van der Waals surface area contributed by atoms with Gasteiger partial charge in [-0.2, -0.15) is 0 Å². The molecule has 446 valence electrons. The van der Waals surface area contributed by atoms with E-state index in [9.17, 15) is 43.5 Å². The van der Waals surface area contributed by atoms with Gasteiger partial charge in [0.05, 0.1) is 122 Å². The van der Waals surface area contributed by atoms with E-state index in [1.807, 2.05) is 38.7 Å². The van der Waals surface area contributed by atoms with Gasteiger partial charge >= 0.3 is 5.97 Å². The van der Waals surface area contributed by atoms with Gasteiger partial charge in [0, 0.05) is 51.8 Å². The number of hydrogen-bond donors (Lipinski definition) is 4. The largest absolute Gasteiger partial charge is 0.480 e. The van der Waals surface area contributed by atoms with Crippen LogP contribution in [0.1, 0.15) is 86.1 Å². The summed E-state index contributed by atoms with van der Waals surface area (Å²) >= 11 is 0. The standard InChI is InChI=1S/C56H90N6O17/c1-11-39(4)50(44(72-9)37-48(66)61-22-15-18-43(61)51(73-10)40(5)52(67)57-42(54(69)70)36-41-16-13-12-14-17-41)60(8)49(38(2)3)53(68)58-55(71)56(6,7)59-45(63)21-24-74-26-28-76-30-32-78-34-35-79-33-31-77-29-27-75-25-23-62-46(64)19-20-47(62)65/h12-14,16-17,19-20,38-40,42-44,49-51H,11,15,18,21-37H2,1-10H3,(H,57,67)(H,59,63)(H,69,70)(H,58,68,71)/t39-,40+,42-,43-,44+,49-,50-,51+/m0/s1. The van der Waals surface area contributed by atoms with Gasteiger partial charge in [-0.25, -0.2) is 4.79 Å². The minimum Gasteiger partial charge on any atom is -0.480 e. The monoisotopic (exact) mass is 1120 g/mol. The summed E-state index contributed by atoms with van der Waals surface area (Å²) in [5.74, 6) is -5.46.